The molecule has 0 spiro atoms. The number of hydrogen-bond donors (Lipinski definition) is 1. The highest BCUT2D eigenvalue weighted by Gasteiger charge is 2.15. The molecule has 0 aliphatic carbocycles. The first-order valence-corrected chi connectivity index (χ1v) is 3.28. The van der Waals surface area contributed by atoms with Crippen molar-refractivity contribution in [1.29, 1.82) is 0 Å². The van der Waals surface area contributed by atoms with Gasteiger partial charge in [-0.05, 0) is 13.3 Å². The van der Waals surface area contributed by atoms with Crippen molar-refractivity contribution in [2.75, 3.05) is 0 Å². The Hall–Kier alpha value is -0.370. The van der Waals surface area contributed by atoms with Crippen LogP contribution in [0.2, 0.25) is 0 Å². The summed E-state index contributed by atoms with van der Waals surface area (Å²) in [6.45, 7) is 5.12. The van der Waals surface area contributed by atoms with E-state index in [4.69, 9.17) is 5.11 Å². The summed E-state index contributed by atoms with van der Waals surface area (Å²) in [5, 5.41) is 9.08. The molecule has 9 heavy (non-hydrogen) atoms. The van der Waals surface area contributed by atoms with E-state index in [-0.39, 0.29) is 11.7 Å². The van der Waals surface area contributed by atoms with E-state index in [2.05, 4.69) is 0 Å². The summed E-state index contributed by atoms with van der Waals surface area (Å²) in [5.74, 6) is -0.139. The van der Waals surface area contributed by atoms with E-state index in [1.165, 1.54) is 6.92 Å². The molecule has 2 nitrogen and oxygen atoms in total. The summed E-state index contributed by atoms with van der Waals surface area (Å²) < 4.78 is 0. The van der Waals surface area contributed by atoms with Crippen LogP contribution in [-0.4, -0.2) is 17.0 Å². The van der Waals surface area contributed by atoms with E-state index in [1.54, 1.807) is 6.92 Å². The first-order valence-electron chi connectivity index (χ1n) is 3.28. The maximum atomic E-state index is 10.6. The number of aliphatic hydroxyl groups is 1. The standard InChI is InChI=1S/C7H14O2/c1-4-7(9)5(2)6(3)8/h5,7,9H,4H2,1-3H3/t5-,7-/m0/s1. The Labute approximate surface area is 55.9 Å². The second-order valence-electron chi connectivity index (χ2n) is 2.37. The van der Waals surface area contributed by atoms with Crippen LogP contribution in [0.5, 0.6) is 0 Å². The molecule has 2 atom stereocenters. The number of carbonyl (C=O) groups is 1. The van der Waals surface area contributed by atoms with Crippen molar-refractivity contribution < 1.29 is 9.90 Å². The first-order chi connectivity index (χ1) is 4.09. The summed E-state index contributed by atoms with van der Waals surface area (Å²) in [6, 6.07) is 0. The minimum Gasteiger partial charge on any atom is -0.392 e. The third-order valence-corrected chi connectivity index (χ3v) is 1.64. The Bertz CT molecular complexity index is 99.1. The fraction of sp³-hybridized carbons (Fsp3) is 0.857. The third kappa shape index (κ3) is 2.61. The number of rotatable bonds is 3. The van der Waals surface area contributed by atoms with E-state index in [0.29, 0.717) is 6.42 Å². The van der Waals surface area contributed by atoms with Crippen LogP contribution in [0.4, 0.5) is 0 Å². The summed E-state index contributed by atoms with van der Waals surface area (Å²) in [4.78, 5) is 10.6. The van der Waals surface area contributed by atoms with Crippen molar-refractivity contribution in [2.45, 2.75) is 33.3 Å². The highest BCUT2D eigenvalue weighted by molar-refractivity contribution is 5.78. The van der Waals surface area contributed by atoms with Gasteiger partial charge in [-0.1, -0.05) is 13.8 Å². The largest absolute Gasteiger partial charge is 0.392 e. The molecule has 0 amide bonds. The lowest BCUT2D eigenvalue weighted by atomic mass is 9.99. The van der Waals surface area contributed by atoms with Crippen LogP contribution < -0.4 is 0 Å². The smallest absolute Gasteiger partial charge is 0.135 e. The topological polar surface area (TPSA) is 37.3 Å². The van der Waals surface area contributed by atoms with E-state index < -0.39 is 6.10 Å². The maximum Gasteiger partial charge on any atom is 0.135 e. The molecule has 0 bridgehead atoms. The van der Waals surface area contributed by atoms with E-state index in [0.717, 1.165) is 0 Å². The normalized spacial score (nSPS) is 16.9. The molecule has 0 saturated carbocycles. The van der Waals surface area contributed by atoms with Gasteiger partial charge in [0.05, 0.1) is 6.10 Å². The van der Waals surface area contributed by atoms with Crippen molar-refractivity contribution in [2.24, 2.45) is 5.92 Å². The van der Waals surface area contributed by atoms with Crippen LogP contribution in [0.1, 0.15) is 27.2 Å². The highest BCUT2D eigenvalue weighted by Crippen LogP contribution is 2.06. The quantitative estimate of drug-likeness (QED) is 0.618. The van der Waals surface area contributed by atoms with Gasteiger partial charge in [-0.25, -0.2) is 0 Å². The van der Waals surface area contributed by atoms with Crippen molar-refractivity contribution in [1.82, 2.24) is 0 Å². The van der Waals surface area contributed by atoms with Gasteiger partial charge >= 0.3 is 0 Å². The van der Waals surface area contributed by atoms with Crippen molar-refractivity contribution >= 4 is 5.78 Å². The van der Waals surface area contributed by atoms with Crippen molar-refractivity contribution in [3.05, 3.63) is 0 Å². The molecule has 0 aliphatic heterocycles. The van der Waals surface area contributed by atoms with Crippen LogP contribution in [-0.2, 0) is 4.79 Å². The molecule has 0 heterocycles. The lowest BCUT2D eigenvalue weighted by molar-refractivity contribution is -0.123. The van der Waals surface area contributed by atoms with Crippen LogP contribution >= 0.6 is 0 Å². The molecule has 0 rings (SSSR count). The zero-order valence-electron chi connectivity index (χ0n) is 6.22. The number of carbonyl (C=O) groups excluding carboxylic acids is 1. The van der Waals surface area contributed by atoms with Gasteiger partial charge in [0.15, 0.2) is 0 Å². The predicted molar refractivity (Wildman–Crippen MR) is 36.1 cm³/mol. The first kappa shape index (κ1) is 8.63. The predicted octanol–water partition coefficient (Wildman–Crippen LogP) is 0.982. The average Bonchev–Trinajstić information content (AvgIpc) is 1.84. The molecule has 0 unspecified atom stereocenters. The fourth-order valence-electron chi connectivity index (χ4n) is 0.624. The van der Waals surface area contributed by atoms with Crippen LogP contribution in [0.3, 0.4) is 0 Å². The second kappa shape index (κ2) is 3.62. The van der Waals surface area contributed by atoms with Crippen molar-refractivity contribution in [3.63, 3.8) is 0 Å². The molecule has 0 aromatic heterocycles. The van der Waals surface area contributed by atoms with E-state index in [1.807, 2.05) is 6.92 Å². The van der Waals surface area contributed by atoms with Gasteiger partial charge in [0.2, 0.25) is 0 Å². The molecule has 0 aliphatic rings. The molecule has 0 aromatic rings. The Balaban J connectivity index is 3.72. The molecular weight excluding hydrogens is 116 g/mol. The Morgan fingerprint density at radius 1 is 1.67 bits per heavy atom. The molecular formula is C7H14O2. The summed E-state index contributed by atoms with van der Waals surface area (Å²) in [5.41, 5.74) is 0. The lowest BCUT2D eigenvalue weighted by Gasteiger charge is -2.12. The van der Waals surface area contributed by atoms with Gasteiger partial charge in [0.1, 0.15) is 5.78 Å². The van der Waals surface area contributed by atoms with Crippen LogP contribution in [0.15, 0.2) is 0 Å². The molecule has 0 fully saturated rings. The number of hydrogen-bond acceptors (Lipinski definition) is 2. The van der Waals surface area contributed by atoms with Crippen molar-refractivity contribution in [3.8, 4) is 0 Å². The molecule has 54 valence electrons. The fourth-order valence-corrected chi connectivity index (χ4v) is 0.624. The average molecular weight is 130 g/mol. The maximum absolute atomic E-state index is 10.6. The number of ketones is 1. The number of aliphatic hydroxyl groups excluding tert-OH is 1. The van der Waals surface area contributed by atoms with E-state index in [9.17, 15) is 4.79 Å². The molecule has 0 aromatic carbocycles. The van der Waals surface area contributed by atoms with Gasteiger partial charge in [0, 0.05) is 5.92 Å². The van der Waals surface area contributed by atoms with Gasteiger partial charge in [-0.15, -0.1) is 0 Å². The zero-order chi connectivity index (χ0) is 7.44. The van der Waals surface area contributed by atoms with Gasteiger partial charge < -0.3 is 5.11 Å². The molecule has 1 N–H and O–H groups in total. The summed E-state index contributed by atoms with van der Waals surface area (Å²) >= 11 is 0. The van der Waals surface area contributed by atoms with Gasteiger partial charge in [-0.2, -0.15) is 0 Å². The summed E-state index contributed by atoms with van der Waals surface area (Å²) in [7, 11) is 0. The minimum atomic E-state index is -0.456. The monoisotopic (exact) mass is 130 g/mol. The molecule has 2 heteroatoms. The van der Waals surface area contributed by atoms with Gasteiger partial charge in [0.25, 0.3) is 0 Å². The Morgan fingerprint density at radius 3 is 2.22 bits per heavy atom. The van der Waals surface area contributed by atoms with E-state index >= 15 is 0 Å². The second-order valence-corrected chi connectivity index (χ2v) is 2.37. The van der Waals surface area contributed by atoms with Crippen LogP contribution in [0, 0.1) is 5.92 Å². The molecule has 0 radical (unpaired) electrons. The minimum absolute atomic E-state index is 0.0596. The lowest BCUT2D eigenvalue weighted by Crippen LogP contribution is -2.22. The van der Waals surface area contributed by atoms with Crippen LogP contribution in [0.25, 0.3) is 0 Å². The Morgan fingerprint density at radius 2 is 2.11 bits per heavy atom. The SMILES string of the molecule is CC[C@H](O)[C@@H](C)C(C)=O. The van der Waals surface area contributed by atoms with Gasteiger partial charge in [-0.3, -0.25) is 4.79 Å². The highest BCUT2D eigenvalue weighted by atomic mass is 16.3. The third-order valence-electron chi connectivity index (χ3n) is 1.64. The Kier molecular flexibility index (Phi) is 3.47. The molecule has 0 saturated heterocycles. The zero-order valence-corrected chi connectivity index (χ0v) is 6.22. The number of Topliss-reactive ketones (excluding diaryl/α,β-unsaturated/α-hetero) is 1. The summed E-state index contributed by atoms with van der Waals surface area (Å²) in [6.07, 6.45) is 0.197.